The number of alkyl halides is 7. The first-order valence-corrected chi connectivity index (χ1v) is 15.3. The van der Waals surface area contributed by atoms with Gasteiger partial charge in [-0.05, 0) is 74.4 Å². The number of carboxylic acids is 1. The molecule has 248 valence electrons. The largest absolute Gasteiger partial charge is 0.481 e. The van der Waals surface area contributed by atoms with Crippen molar-refractivity contribution in [1.29, 1.82) is 0 Å². The summed E-state index contributed by atoms with van der Waals surface area (Å²) in [4.78, 5) is 26.0. The van der Waals surface area contributed by atoms with Crippen molar-refractivity contribution in [1.82, 2.24) is 4.90 Å². The minimum Gasteiger partial charge on any atom is -0.481 e. The molecule has 0 bridgehead atoms. The molecule has 2 aliphatic rings. The fourth-order valence-corrected chi connectivity index (χ4v) is 8.49. The molecule has 16 heteroatoms. The summed E-state index contributed by atoms with van der Waals surface area (Å²) in [6, 6.07) is 3.73. The van der Waals surface area contributed by atoms with E-state index in [1.54, 1.807) is 6.92 Å². The Labute approximate surface area is 252 Å². The molecule has 1 aliphatic heterocycles. The van der Waals surface area contributed by atoms with E-state index in [1.165, 1.54) is 0 Å². The van der Waals surface area contributed by atoms with Gasteiger partial charge in [0, 0.05) is 24.1 Å². The predicted molar refractivity (Wildman–Crippen MR) is 140 cm³/mol. The maximum atomic E-state index is 15.2. The van der Waals surface area contributed by atoms with E-state index < -0.39 is 96.4 Å². The number of hydrogen-bond acceptors (Lipinski definition) is 4. The molecule has 45 heavy (non-hydrogen) atoms. The van der Waals surface area contributed by atoms with Gasteiger partial charge >= 0.3 is 24.0 Å². The molecule has 6 nitrogen and oxygen atoms in total. The quantitative estimate of drug-likeness (QED) is 0.257. The van der Waals surface area contributed by atoms with E-state index in [2.05, 4.69) is 0 Å². The van der Waals surface area contributed by atoms with E-state index >= 15 is 4.39 Å². The molecule has 1 heterocycles. The molecule has 1 N–H and O–H groups in total. The molecule has 2 aromatic rings. The van der Waals surface area contributed by atoms with Gasteiger partial charge < -0.3 is 10.0 Å². The molecule has 0 radical (unpaired) electrons. The van der Waals surface area contributed by atoms with Crippen LogP contribution >= 0.6 is 0 Å². The Morgan fingerprint density at radius 2 is 1.47 bits per heavy atom. The Bertz CT molecular complexity index is 1550. The molecular formula is C29H28F9NO5S. The average molecular weight is 674 g/mol. The first kappa shape index (κ1) is 34.6. The molecule has 0 aromatic heterocycles. The zero-order valence-corrected chi connectivity index (χ0v) is 24.4. The van der Waals surface area contributed by atoms with Gasteiger partial charge in [0.2, 0.25) is 5.91 Å². The van der Waals surface area contributed by atoms with E-state index in [-0.39, 0.29) is 50.8 Å². The minimum atomic E-state index is -6.63. The second-order valence-electron chi connectivity index (χ2n) is 11.5. The fraction of sp³-hybridized carbons (Fsp3) is 0.517. The molecule has 2 fully saturated rings. The topological polar surface area (TPSA) is 91.8 Å². The minimum absolute atomic E-state index is 0.0872. The van der Waals surface area contributed by atoms with Crippen molar-refractivity contribution in [3.63, 3.8) is 0 Å². The Kier molecular flexibility index (Phi) is 8.83. The summed E-state index contributed by atoms with van der Waals surface area (Å²) in [6.07, 6.45) is -12.9. The Morgan fingerprint density at radius 3 is 1.93 bits per heavy atom. The van der Waals surface area contributed by atoms with E-state index in [0.29, 0.717) is 6.07 Å². The van der Waals surface area contributed by atoms with Crippen LogP contribution in [0.3, 0.4) is 0 Å². The van der Waals surface area contributed by atoms with E-state index in [0.717, 1.165) is 29.2 Å². The number of halogens is 9. The Morgan fingerprint density at radius 1 is 0.911 bits per heavy atom. The Balaban J connectivity index is 1.83. The summed E-state index contributed by atoms with van der Waals surface area (Å²) in [5.41, 5.74) is -10.3. The van der Waals surface area contributed by atoms with Crippen LogP contribution in [-0.4, -0.2) is 55.7 Å². The van der Waals surface area contributed by atoms with Gasteiger partial charge in [0.05, 0.1) is 10.8 Å². The number of rotatable bonds is 7. The lowest BCUT2D eigenvalue weighted by molar-refractivity contribution is -0.349. The van der Waals surface area contributed by atoms with Gasteiger partial charge in [-0.25, -0.2) is 21.6 Å². The summed E-state index contributed by atoms with van der Waals surface area (Å²) in [6.45, 7) is 0.689. The normalized spacial score (nSPS) is 24.9. The highest BCUT2D eigenvalue weighted by atomic mass is 32.2. The van der Waals surface area contributed by atoms with E-state index in [1.807, 2.05) is 0 Å². The lowest BCUT2D eigenvalue weighted by atomic mass is 9.68. The fourth-order valence-electron chi connectivity index (χ4n) is 6.42. The maximum Gasteiger partial charge on any atom is 0.436 e. The smallest absolute Gasteiger partial charge is 0.436 e. The van der Waals surface area contributed by atoms with Crippen molar-refractivity contribution in [2.45, 2.75) is 73.1 Å². The molecule has 2 aromatic carbocycles. The lowest BCUT2D eigenvalue weighted by Crippen LogP contribution is -2.51. The van der Waals surface area contributed by atoms with Crippen molar-refractivity contribution in [2.24, 2.45) is 11.3 Å². The van der Waals surface area contributed by atoms with Crippen LogP contribution in [0.25, 0.3) is 0 Å². The predicted octanol–water partition coefficient (Wildman–Crippen LogP) is 6.83. The summed E-state index contributed by atoms with van der Waals surface area (Å²) in [5.74, 6) is -5.41. The number of aliphatic carboxylic acids is 1. The van der Waals surface area contributed by atoms with Crippen molar-refractivity contribution >= 4 is 21.7 Å². The summed E-state index contributed by atoms with van der Waals surface area (Å²) in [7, 11) is -4.78. The Hall–Kier alpha value is -3.30. The van der Waals surface area contributed by atoms with Crippen molar-refractivity contribution in [3.8, 4) is 0 Å². The van der Waals surface area contributed by atoms with Gasteiger partial charge in [-0.1, -0.05) is 19.1 Å². The maximum absolute atomic E-state index is 15.2. The first-order valence-electron chi connectivity index (χ1n) is 13.8. The van der Waals surface area contributed by atoms with E-state index in [9.17, 15) is 58.2 Å². The van der Waals surface area contributed by atoms with Crippen LogP contribution < -0.4 is 0 Å². The third-order valence-corrected chi connectivity index (χ3v) is 11.7. The number of benzene rings is 2. The van der Waals surface area contributed by atoms with Gasteiger partial charge in [-0.2, -0.15) is 26.3 Å². The molecular weight excluding hydrogens is 645 g/mol. The molecule has 1 aliphatic carbocycles. The zero-order chi connectivity index (χ0) is 33.8. The number of nitrogens with zero attached hydrogens (tertiary/aromatic N) is 1. The van der Waals surface area contributed by atoms with Crippen LogP contribution in [0.4, 0.5) is 39.5 Å². The summed E-state index contributed by atoms with van der Waals surface area (Å²) in [5, 5.41) is 9.36. The first-order chi connectivity index (χ1) is 20.7. The molecule has 1 atom stereocenters. The number of amides is 1. The third kappa shape index (κ3) is 5.56. The van der Waals surface area contributed by atoms with Crippen LogP contribution in [0.5, 0.6) is 0 Å². The van der Waals surface area contributed by atoms with Gasteiger partial charge in [0.15, 0.2) is 9.84 Å². The number of carbonyl (C=O) groups excluding carboxylic acids is 1. The highest BCUT2D eigenvalue weighted by Gasteiger charge is 2.74. The molecule has 4 rings (SSSR count). The van der Waals surface area contributed by atoms with Crippen LogP contribution in [0.1, 0.15) is 56.6 Å². The van der Waals surface area contributed by atoms with Crippen molar-refractivity contribution < 1.29 is 62.6 Å². The number of likely N-dealkylation sites (tertiary alicyclic amines) is 1. The standard InChI is InChI=1S/C29H28F9NO5S/c1-2-25(11-9-17(10-12-25)23(40)41)24(42)39-14-13-26(16-39,45(43,44)20-6-4-19(30)5-7-20)18-3-8-21(22(31)15-18)27(32,28(33,34)35)29(36,37)38/h3-8,15,17H,2,9-14,16H2,1H3,(H,40,41)/t17-,25-,26-/m0/s1. The second-order valence-corrected chi connectivity index (χ2v) is 13.8. The highest BCUT2D eigenvalue weighted by molar-refractivity contribution is 7.92. The van der Waals surface area contributed by atoms with Crippen molar-refractivity contribution in [2.75, 3.05) is 13.1 Å². The number of carboxylic acid groups (broad SMARTS) is 1. The molecule has 1 saturated heterocycles. The van der Waals surface area contributed by atoms with Gasteiger partial charge in [-0.15, -0.1) is 0 Å². The van der Waals surface area contributed by atoms with Crippen LogP contribution in [0, 0.1) is 23.0 Å². The average Bonchev–Trinajstić information content (AvgIpc) is 3.43. The monoisotopic (exact) mass is 673 g/mol. The van der Waals surface area contributed by atoms with Gasteiger partial charge in [0.1, 0.15) is 16.4 Å². The SMILES string of the molecule is CC[C@]1(C(=O)N2CC[C@](c3ccc(C(F)(C(F)(F)F)C(F)(F)F)c(F)c3)(S(=O)(=O)c3ccc(F)cc3)C2)CC[C@H](C(=O)O)CC1. The molecule has 1 saturated carbocycles. The molecule has 0 unspecified atom stereocenters. The molecule has 1 amide bonds. The third-order valence-electron chi connectivity index (χ3n) is 9.23. The number of hydrogen-bond donors (Lipinski definition) is 1. The van der Waals surface area contributed by atoms with Crippen molar-refractivity contribution in [3.05, 3.63) is 65.2 Å². The highest BCUT2D eigenvalue weighted by Crippen LogP contribution is 2.55. The number of sulfone groups is 1. The van der Waals surface area contributed by atoms with Crippen LogP contribution in [-0.2, 0) is 29.8 Å². The van der Waals surface area contributed by atoms with Crippen LogP contribution in [0.2, 0.25) is 0 Å². The zero-order valence-electron chi connectivity index (χ0n) is 23.6. The van der Waals surface area contributed by atoms with Crippen LogP contribution in [0.15, 0.2) is 47.4 Å². The lowest BCUT2D eigenvalue weighted by Gasteiger charge is -2.40. The second kappa shape index (κ2) is 11.5. The summed E-state index contributed by atoms with van der Waals surface area (Å²) < 4.78 is 150. The van der Waals surface area contributed by atoms with E-state index in [4.69, 9.17) is 0 Å². The van der Waals surface area contributed by atoms with Gasteiger partial charge in [-0.3, -0.25) is 9.59 Å². The van der Waals surface area contributed by atoms with Gasteiger partial charge in [0.25, 0.3) is 0 Å². The number of carbonyl (C=O) groups is 2. The summed E-state index contributed by atoms with van der Waals surface area (Å²) >= 11 is 0. The molecule has 0 spiro atoms.